The molecule has 4 rings (SSSR count). The van der Waals surface area contributed by atoms with E-state index in [-0.39, 0.29) is 23.9 Å². The second kappa shape index (κ2) is 6.76. The van der Waals surface area contributed by atoms with Crippen molar-refractivity contribution in [1.82, 2.24) is 4.90 Å². The Morgan fingerprint density at radius 3 is 2.78 bits per heavy atom. The zero-order chi connectivity index (χ0) is 19.0. The Kier molecular flexibility index (Phi) is 4.28. The lowest BCUT2D eigenvalue weighted by molar-refractivity contribution is -0.384. The fraction of sp³-hybridized carbons (Fsp3) is 0.111. The SMILES string of the molecule is O=C1S/C(=C\c2cccc([N+](=O)[O-])c2)C(=O)N1Cc1ccc2c(c1)OCO2. The van der Waals surface area contributed by atoms with Crippen LogP contribution in [-0.2, 0) is 11.3 Å². The Morgan fingerprint density at radius 1 is 1.15 bits per heavy atom. The molecule has 2 aromatic carbocycles. The summed E-state index contributed by atoms with van der Waals surface area (Å²) in [5.41, 5.74) is 1.14. The zero-order valence-corrected chi connectivity index (χ0v) is 14.6. The molecule has 27 heavy (non-hydrogen) atoms. The van der Waals surface area contributed by atoms with Gasteiger partial charge in [0, 0.05) is 12.1 Å². The summed E-state index contributed by atoms with van der Waals surface area (Å²) >= 11 is 0.808. The number of nitro groups is 1. The number of nitrogens with zero attached hydrogens (tertiary/aromatic N) is 2. The number of thioether (sulfide) groups is 1. The first-order chi connectivity index (χ1) is 13.0. The number of non-ortho nitro benzene ring substituents is 1. The highest BCUT2D eigenvalue weighted by atomic mass is 32.2. The fourth-order valence-electron chi connectivity index (χ4n) is 2.74. The largest absolute Gasteiger partial charge is 0.454 e. The summed E-state index contributed by atoms with van der Waals surface area (Å²) < 4.78 is 10.6. The van der Waals surface area contributed by atoms with Crippen LogP contribution in [0.4, 0.5) is 10.5 Å². The zero-order valence-electron chi connectivity index (χ0n) is 13.8. The van der Waals surface area contributed by atoms with Crippen LogP contribution < -0.4 is 9.47 Å². The molecule has 2 heterocycles. The monoisotopic (exact) mass is 384 g/mol. The van der Waals surface area contributed by atoms with Crippen LogP contribution in [0, 0.1) is 10.1 Å². The molecule has 0 aromatic heterocycles. The summed E-state index contributed by atoms with van der Waals surface area (Å²) in [5, 5.41) is 10.5. The summed E-state index contributed by atoms with van der Waals surface area (Å²) in [6.07, 6.45) is 1.48. The Balaban J connectivity index is 1.55. The summed E-state index contributed by atoms with van der Waals surface area (Å²) in [6, 6.07) is 11.1. The third-order valence-electron chi connectivity index (χ3n) is 4.03. The van der Waals surface area contributed by atoms with Gasteiger partial charge in [0.2, 0.25) is 6.79 Å². The molecule has 0 aliphatic carbocycles. The fourth-order valence-corrected chi connectivity index (χ4v) is 3.58. The number of carbonyl (C=O) groups is 2. The molecule has 0 N–H and O–H groups in total. The van der Waals surface area contributed by atoms with Gasteiger partial charge in [0.1, 0.15) is 0 Å². The van der Waals surface area contributed by atoms with E-state index in [4.69, 9.17) is 9.47 Å². The maximum absolute atomic E-state index is 12.6. The predicted molar refractivity (Wildman–Crippen MR) is 97.2 cm³/mol. The molecule has 2 aliphatic heterocycles. The van der Waals surface area contributed by atoms with Crippen molar-refractivity contribution in [2.75, 3.05) is 6.79 Å². The first kappa shape index (κ1) is 17.1. The van der Waals surface area contributed by atoms with E-state index in [0.717, 1.165) is 22.2 Å². The van der Waals surface area contributed by atoms with Crippen molar-refractivity contribution in [3.63, 3.8) is 0 Å². The van der Waals surface area contributed by atoms with Gasteiger partial charge in [0.05, 0.1) is 16.4 Å². The van der Waals surface area contributed by atoms with Crippen LogP contribution in [0.1, 0.15) is 11.1 Å². The Labute approximate surface area is 157 Å². The number of hydrogen-bond donors (Lipinski definition) is 0. The standard InChI is InChI=1S/C18H12N2O6S/c21-17-16(8-11-2-1-3-13(6-11)20(23)24)27-18(22)19(17)9-12-4-5-14-15(7-12)26-10-25-14/h1-8H,9-10H2/b16-8-. The van der Waals surface area contributed by atoms with Gasteiger partial charge in [-0.25, -0.2) is 0 Å². The van der Waals surface area contributed by atoms with Crippen molar-refractivity contribution in [1.29, 1.82) is 0 Å². The van der Waals surface area contributed by atoms with E-state index >= 15 is 0 Å². The molecule has 2 aromatic rings. The number of fused-ring (bicyclic) bond motifs is 1. The second-order valence-corrected chi connectivity index (χ2v) is 6.80. The maximum Gasteiger partial charge on any atom is 0.293 e. The molecular formula is C18H12N2O6S. The van der Waals surface area contributed by atoms with Crippen LogP contribution in [0.15, 0.2) is 47.4 Å². The highest BCUT2D eigenvalue weighted by Gasteiger charge is 2.35. The number of rotatable bonds is 4. The van der Waals surface area contributed by atoms with Gasteiger partial charge < -0.3 is 9.47 Å². The average Bonchev–Trinajstić information content (AvgIpc) is 3.22. The number of benzene rings is 2. The number of carbonyl (C=O) groups excluding carboxylic acids is 2. The van der Waals surface area contributed by atoms with E-state index in [1.165, 1.54) is 24.3 Å². The van der Waals surface area contributed by atoms with E-state index in [2.05, 4.69) is 0 Å². The van der Waals surface area contributed by atoms with Crippen molar-refractivity contribution in [2.45, 2.75) is 6.54 Å². The Morgan fingerprint density at radius 2 is 1.96 bits per heavy atom. The molecule has 9 heteroatoms. The molecule has 0 saturated carbocycles. The van der Waals surface area contributed by atoms with Crippen molar-refractivity contribution in [2.24, 2.45) is 0 Å². The van der Waals surface area contributed by atoms with Gasteiger partial charge in [-0.3, -0.25) is 24.6 Å². The normalized spacial score (nSPS) is 17.0. The van der Waals surface area contributed by atoms with Gasteiger partial charge in [-0.2, -0.15) is 0 Å². The third kappa shape index (κ3) is 3.36. The summed E-state index contributed by atoms with van der Waals surface area (Å²) in [7, 11) is 0. The second-order valence-electron chi connectivity index (χ2n) is 5.81. The van der Waals surface area contributed by atoms with E-state index in [9.17, 15) is 19.7 Å². The minimum atomic E-state index is -0.511. The van der Waals surface area contributed by atoms with Crippen LogP contribution in [0.25, 0.3) is 6.08 Å². The van der Waals surface area contributed by atoms with Crippen LogP contribution in [-0.4, -0.2) is 27.8 Å². The van der Waals surface area contributed by atoms with Crippen molar-refractivity contribution in [3.05, 3.63) is 68.6 Å². The molecule has 0 bridgehead atoms. The number of imide groups is 1. The van der Waals surface area contributed by atoms with Crippen molar-refractivity contribution in [3.8, 4) is 11.5 Å². The number of ether oxygens (including phenoxy) is 2. The summed E-state index contributed by atoms with van der Waals surface area (Å²) in [5.74, 6) is 0.763. The minimum Gasteiger partial charge on any atom is -0.454 e. The molecule has 1 saturated heterocycles. The number of amides is 2. The lowest BCUT2D eigenvalue weighted by atomic mass is 10.1. The van der Waals surface area contributed by atoms with E-state index < -0.39 is 16.1 Å². The quantitative estimate of drug-likeness (QED) is 0.451. The third-order valence-corrected chi connectivity index (χ3v) is 4.94. The molecule has 136 valence electrons. The molecule has 0 atom stereocenters. The molecule has 1 fully saturated rings. The molecule has 0 spiro atoms. The molecule has 0 unspecified atom stereocenters. The first-order valence-corrected chi connectivity index (χ1v) is 8.71. The first-order valence-electron chi connectivity index (χ1n) is 7.89. The molecular weight excluding hydrogens is 372 g/mol. The minimum absolute atomic E-state index is 0.0802. The van der Waals surface area contributed by atoms with E-state index in [1.807, 2.05) is 0 Å². The van der Waals surface area contributed by atoms with Crippen molar-refractivity contribution >= 4 is 34.7 Å². The van der Waals surface area contributed by atoms with E-state index in [0.29, 0.717) is 17.1 Å². The van der Waals surface area contributed by atoms with Gasteiger partial charge >= 0.3 is 0 Å². The lowest BCUT2D eigenvalue weighted by Crippen LogP contribution is -2.27. The molecule has 2 amide bonds. The van der Waals surface area contributed by atoms with E-state index in [1.54, 1.807) is 24.3 Å². The topological polar surface area (TPSA) is 99.0 Å². The Hall–Kier alpha value is -3.33. The van der Waals surface area contributed by atoms with Gasteiger partial charge in [0.25, 0.3) is 16.8 Å². The van der Waals surface area contributed by atoms with Crippen molar-refractivity contribution < 1.29 is 24.0 Å². The van der Waals surface area contributed by atoms with Gasteiger partial charge in [-0.15, -0.1) is 0 Å². The maximum atomic E-state index is 12.6. The van der Waals surface area contributed by atoms with Gasteiger partial charge in [-0.05, 0) is 41.1 Å². The summed E-state index contributed by atoms with van der Waals surface area (Å²) in [4.78, 5) is 36.6. The lowest BCUT2D eigenvalue weighted by Gasteiger charge is -2.12. The van der Waals surface area contributed by atoms with Crippen LogP contribution in [0.5, 0.6) is 11.5 Å². The highest BCUT2D eigenvalue weighted by Crippen LogP contribution is 2.36. The molecule has 8 nitrogen and oxygen atoms in total. The van der Waals surface area contributed by atoms with Gasteiger partial charge in [-0.1, -0.05) is 18.2 Å². The smallest absolute Gasteiger partial charge is 0.293 e. The van der Waals surface area contributed by atoms with Crippen LogP contribution in [0.2, 0.25) is 0 Å². The predicted octanol–water partition coefficient (Wildman–Crippen LogP) is 3.56. The number of hydrogen-bond acceptors (Lipinski definition) is 7. The summed E-state index contributed by atoms with van der Waals surface area (Å²) in [6.45, 7) is 0.250. The highest BCUT2D eigenvalue weighted by molar-refractivity contribution is 8.18. The average molecular weight is 384 g/mol. The Bertz CT molecular complexity index is 1000. The van der Waals surface area contributed by atoms with Crippen LogP contribution in [0.3, 0.4) is 0 Å². The number of nitro benzene ring substituents is 1. The molecule has 0 radical (unpaired) electrons. The molecule has 2 aliphatic rings. The van der Waals surface area contributed by atoms with Crippen LogP contribution >= 0.6 is 11.8 Å². The van der Waals surface area contributed by atoms with Gasteiger partial charge in [0.15, 0.2) is 11.5 Å².